The molecule has 1 amide bonds. The van der Waals surface area contributed by atoms with Crippen LogP contribution in [-0.4, -0.2) is 28.6 Å². The summed E-state index contributed by atoms with van der Waals surface area (Å²) >= 11 is 0. The van der Waals surface area contributed by atoms with Crippen molar-refractivity contribution in [3.63, 3.8) is 0 Å². The zero-order chi connectivity index (χ0) is 20.1. The Balaban J connectivity index is 2.07. The van der Waals surface area contributed by atoms with Gasteiger partial charge in [-0.15, -0.1) is 0 Å². The molecule has 1 aromatic carbocycles. The SMILES string of the molecule is CCc1cccc(CC)c1NC(=O)COC(=O)c1[nH]c(C)c([C@H](C)O)c1C. The Labute approximate surface area is 159 Å². The molecule has 0 bridgehead atoms. The van der Waals surface area contributed by atoms with Crippen molar-refractivity contribution in [1.29, 1.82) is 0 Å². The van der Waals surface area contributed by atoms with Gasteiger partial charge in [0.15, 0.2) is 6.61 Å². The minimum Gasteiger partial charge on any atom is -0.451 e. The van der Waals surface area contributed by atoms with E-state index in [4.69, 9.17) is 4.74 Å². The first-order chi connectivity index (χ1) is 12.8. The van der Waals surface area contributed by atoms with E-state index in [0.717, 1.165) is 29.7 Å². The number of anilines is 1. The van der Waals surface area contributed by atoms with E-state index < -0.39 is 12.1 Å². The molecule has 6 nitrogen and oxygen atoms in total. The van der Waals surface area contributed by atoms with Gasteiger partial charge in [0.25, 0.3) is 5.91 Å². The molecule has 0 fully saturated rings. The van der Waals surface area contributed by atoms with Crippen LogP contribution in [0.25, 0.3) is 0 Å². The number of H-pyrrole nitrogens is 1. The molecule has 0 saturated carbocycles. The largest absolute Gasteiger partial charge is 0.451 e. The van der Waals surface area contributed by atoms with Crippen LogP contribution in [0.1, 0.15) is 65.3 Å². The number of para-hydroxylation sites is 1. The van der Waals surface area contributed by atoms with Crippen molar-refractivity contribution in [3.8, 4) is 0 Å². The molecule has 0 spiro atoms. The smallest absolute Gasteiger partial charge is 0.355 e. The second-order valence-electron chi connectivity index (χ2n) is 6.62. The number of carbonyl (C=O) groups excluding carboxylic acids is 2. The number of rotatable bonds is 7. The Kier molecular flexibility index (Phi) is 6.80. The van der Waals surface area contributed by atoms with E-state index in [1.54, 1.807) is 20.8 Å². The van der Waals surface area contributed by atoms with Crippen LogP contribution in [0, 0.1) is 13.8 Å². The number of amides is 1. The van der Waals surface area contributed by atoms with Crippen LogP contribution in [0.15, 0.2) is 18.2 Å². The maximum absolute atomic E-state index is 12.3. The zero-order valence-electron chi connectivity index (χ0n) is 16.6. The van der Waals surface area contributed by atoms with Gasteiger partial charge in [0.1, 0.15) is 5.69 Å². The lowest BCUT2D eigenvalue weighted by molar-refractivity contribution is -0.119. The van der Waals surface area contributed by atoms with Gasteiger partial charge in [-0.05, 0) is 50.3 Å². The zero-order valence-corrected chi connectivity index (χ0v) is 16.6. The summed E-state index contributed by atoms with van der Waals surface area (Å²) in [5.74, 6) is -0.993. The first-order valence-electron chi connectivity index (χ1n) is 9.24. The number of aryl methyl sites for hydroxylation is 3. The summed E-state index contributed by atoms with van der Waals surface area (Å²) in [5, 5.41) is 12.7. The van der Waals surface area contributed by atoms with E-state index in [-0.39, 0.29) is 18.2 Å². The number of hydrogen-bond donors (Lipinski definition) is 3. The molecule has 0 saturated heterocycles. The van der Waals surface area contributed by atoms with Crippen LogP contribution in [0.4, 0.5) is 5.69 Å². The van der Waals surface area contributed by atoms with E-state index in [1.807, 2.05) is 32.0 Å². The average Bonchev–Trinajstić information content (AvgIpc) is 2.94. The monoisotopic (exact) mass is 372 g/mol. The third-order valence-electron chi connectivity index (χ3n) is 4.72. The van der Waals surface area contributed by atoms with Crippen molar-refractivity contribution < 1.29 is 19.4 Å². The van der Waals surface area contributed by atoms with Crippen molar-refractivity contribution in [1.82, 2.24) is 4.98 Å². The maximum atomic E-state index is 12.3. The van der Waals surface area contributed by atoms with E-state index in [1.165, 1.54) is 0 Å². The van der Waals surface area contributed by atoms with Crippen molar-refractivity contribution in [2.45, 2.75) is 53.6 Å². The number of carbonyl (C=O) groups is 2. The second kappa shape index (κ2) is 8.86. The third-order valence-corrected chi connectivity index (χ3v) is 4.72. The van der Waals surface area contributed by atoms with Gasteiger partial charge < -0.3 is 20.1 Å². The van der Waals surface area contributed by atoms with Gasteiger partial charge in [-0.1, -0.05) is 32.0 Å². The molecule has 27 heavy (non-hydrogen) atoms. The lowest BCUT2D eigenvalue weighted by Gasteiger charge is -2.14. The van der Waals surface area contributed by atoms with Crippen molar-refractivity contribution in [3.05, 3.63) is 51.8 Å². The summed E-state index contributed by atoms with van der Waals surface area (Å²) in [6.07, 6.45) is 0.905. The Morgan fingerprint density at radius 2 is 1.78 bits per heavy atom. The first kappa shape index (κ1) is 20.7. The van der Waals surface area contributed by atoms with Crippen LogP contribution < -0.4 is 5.32 Å². The molecular weight excluding hydrogens is 344 g/mol. The van der Waals surface area contributed by atoms with Crippen molar-refractivity contribution >= 4 is 17.6 Å². The lowest BCUT2D eigenvalue weighted by atomic mass is 10.0. The van der Waals surface area contributed by atoms with Gasteiger partial charge in [0.2, 0.25) is 0 Å². The highest BCUT2D eigenvalue weighted by atomic mass is 16.5. The lowest BCUT2D eigenvalue weighted by Crippen LogP contribution is -2.22. The van der Waals surface area contributed by atoms with Gasteiger partial charge >= 0.3 is 5.97 Å². The van der Waals surface area contributed by atoms with Crippen LogP contribution in [-0.2, 0) is 22.4 Å². The van der Waals surface area contributed by atoms with Gasteiger partial charge in [-0.25, -0.2) is 4.79 Å². The Bertz CT molecular complexity index is 815. The van der Waals surface area contributed by atoms with Crippen molar-refractivity contribution in [2.24, 2.45) is 0 Å². The Morgan fingerprint density at radius 3 is 2.26 bits per heavy atom. The van der Waals surface area contributed by atoms with Gasteiger partial charge in [0.05, 0.1) is 6.10 Å². The number of aromatic nitrogens is 1. The van der Waals surface area contributed by atoms with E-state index in [9.17, 15) is 14.7 Å². The summed E-state index contributed by atoms with van der Waals surface area (Å²) in [5.41, 5.74) is 5.18. The predicted molar refractivity (Wildman–Crippen MR) is 105 cm³/mol. The molecule has 0 radical (unpaired) electrons. The quantitative estimate of drug-likeness (QED) is 0.648. The third kappa shape index (κ3) is 4.57. The average molecular weight is 372 g/mol. The topological polar surface area (TPSA) is 91.4 Å². The summed E-state index contributed by atoms with van der Waals surface area (Å²) in [4.78, 5) is 27.6. The molecular formula is C21H28N2O4. The fourth-order valence-electron chi connectivity index (χ4n) is 3.38. The highest BCUT2D eigenvalue weighted by Crippen LogP contribution is 2.25. The van der Waals surface area contributed by atoms with Gasteiger partial charge in [-0.3, -0.25) is 4.79 Å². The Hall–Kier alpha value is -2.60. The highest BCUT2D eigenvalue weighted by Gasteiger charge is 2.21. The predicted octanol–water partition coefficient (Wildman–Crippen LogP) is 3.61. The molecule has 2 rings (SSSR count). The number of aromatic amines is 1. The summed E-state index contributed by atoms with van der Waals surface area (Å²) in [6.45, 7) is 8.85. The number of aliphatic hydroxyl groups excluding tert-OH is 1. The van der Waals surface area contributed by atoms with Crippen LogP contribution in [0.3, 0.4) is 0 Å². The molecule has 1 heterocycles. The van der Waals surface area contributed by atoms with E-state index in [2.05, 4.69) is 10.3 Å². The molecule has 3 N–H and O–H groups in total. The fraction of sp³-hybridized carbons (Fsp3) is 0.429. The molecule has 0 aliphatic heterocycles. The molecule has 0 aliphatic carbocycles. The summed E-state index contributed by atoms with van der Waals surface area (Å²) in [7, 11) is 0. The van der Waals surface area contributed by atoms with Crippen LogP contribution in [0.2, 0.25) is 0 Å². The summed E-state index contributed by atoms with van der Waals surface area (Å²) in [6, 6.07) is 5.93. The number of nitrogens with one attached hydrogen (secondary N) is 2. The number of esters is 1. The molecule has 1 atom stereocenters. The maximum Gasteiger partial charge on any atom is 0.355 e. The van der Waals surface area contributed by atoms with Crippen LogP contribution >= 0.6 is 0 Å². The molecule has 6 heteroatoms. The number of aliphatic hydroxyl groups is 1. The number of ether oxygens (including phenoxy) is 1. The van der Waals surface area contributed by atoms with Gasteiger partial charge in [0, 0.05) is 16.9 Å². The Morgan fingerprint density at radius 1 is 1.19 bits per heavy atom. The molecule has 1 aromatic heterocycles. The van der Waals surface area contributed by atoms with Crippen molar-refractivity contribution in [2.75, 3.05) is 11.9 Å². The normalized spacial score (nSPS) is 11.9. The molecule has 0 aliphatic rings. The van der Waals surface area contributed by atoms with Crippen LogP contribution in [0.5, 0.6) is 0 Å². The van der Waals surface area contributed by atoms with E-state index in [0.29, 0.717) is 16.8 Å². The highest BCUT2D eigenvalue weighted by molar-refractivity contribution is 5.96. The second-order valence-corrected chi connectivity index (χ2v) is 6.62. The number of hydrogen-bond acceptors (Lipinski definition) is 4. The summed E-state index contributed by atoms with van der Waals surface area (Å²) < 4.78 is 5.17. The minimum atomic E-state index is -0.691. The first-order valence-corrected chi connectivity index (χ1v) is 9.24. The molecule has 2 aromatic rings. The minimum absolute atomic E-state index is 0.263. The van der Waals surface area contributed by atoms with Gasteiger partial charge in [-0.2, -0.15) is 0 Å². The molecule has 146 valence electrons. The standard InChI is InChI=1S/C21H28N2O4/c1-6-15-9-8-10-16(7-2)20(15)23-17(25)11-27-21(26)19-12(3)18(14(5)24)13(4)22-19/h8-10,14,22,24H,6-7,11H2,1-5H3,(H,23,25)/t14-/m0/s1. The molecule has 0 unspecified atom stereocenters. The fourth-order valence-corrected chi connectivity index (χ4v) is 3.38. The van der Waals surface area contributed by atoms with E-state index >= 15 is 0 Å². The number of benzene rings is 1.